The molecule has 0 bridgehead atoms. The van der Waals surface area contributed by atoms with Crippen molar-refractivity contribution < 1.29 is 80.1 Å². The van der Waals surface area contributed by atoms with Crippen LogP contribution in [0.3, 0.4) is 0 Å². The third kappa shape index (κ3) is 18.5. The number of hydrogen-bond acceptors (Lipinski definition) is 7. The number of aliphatic hydroxyl groups excluding tert-OH is 2. The number of aliphatic hydroxyl groups is 2. The van der Waals surface area contributed by atoms with Gasteiger partial charge in [-0.2, -0.15) is 0 Å². The number of para-hydroxylation sites is 2. The van der Waals surface area contributed by atoms with Gasteiger partial charge >= 0.3 is 0 Å². The van der Waals surface area contributed by atoms with Gasteiger partial charge in [0.2, 0.25) is 0 Å². The molecule has 6 aromatic carbocycles. The third-order valence-corrected chi connectivity index (χ3v) is 8.63. The van der Waals surface area contributed by atoms with Gasteiger partial charge in [-0.3, -0.25) is 19.6 Å². The molecule has 9 rings (SSSR count). The van der Waals surface area contributed by atoms with Gasteiger partial charge in [0.1, 0.15) is 0 Å². The first-order valence-electron chi connectivity index (χ1n) is 19.8. The van der Waals surface area contributed by atoms with E-state index in [4.69, 9.17) is 10.2 Å². The van der Waals surface area contributed by atoms with Gasteiger partial charge < -0.3 is 15.2 Å². The van der Waals surface area contributed by atoms with Crippen LogP contribution in [0, 0.1) is 18.2 Å². The van der Waals surface area contributed by atoms with E-state index >= 15 is 0 Å². The second kappa shape index (κ2) is 29.4. The molecule has 0 aliphatic rings. The summed E-state index contributed by atoms with van der Waals surface area (Å²) in [5, 5.41) is 21.4. The topological polar surface area (TPSA) is 113 Å². The van der Waals surface area contributed by atoms with Gasteiger partial charge in [0, 0.05) is 78.7 Å². The molecule has 335 valence electrons. The molecular formula is C55H46Ir3N3O4-3. The number of rotatable bonds is 5. The van der Waals surface area contributed by atoms with Crippen molar-refractivity contribution in [2.45, 2.75) is 27.7 Å². The van der Waals surface area contributed by atoms with E-state index in [9.17, 15) is 9.59 Å². The van der Waals surface area contributed by atoms with Crippen LogP contribution in [0.4, 0.5) is 0 Å². The molecule has 3 heterocycles. The van der Waals surface area contributed by atoms with Gasteiger partial charge in [-0.05, 0) is 84.5 Å². The Morgan fingerprint density at radius 1 is 0.446 bits per heavy atom. The number of carbonyl (C=O) groups excluding carboxylic acids is 2. The molecule has 3 radical (unpaired) electrons. The monoisotopic (exact) mass is 1390 g/mol. The SMILES string of the molecule is CC(=O)C=C(C)O.CC(=O)C=C(C)O.[Ir].[Ir].[Ir].[c-]1ccccc1-c1ccc2ccccc2n1.[c-]1ccccc1-c1ccc2ccccc2n1.[c-]1ccccc1-c1nccc2ccccc12. The molecule has 65 heavy (non-hydrogen) atoms. The van der Waals surface area contributed by atoms with Crippen LogP contribution in [-0.2, 0) is 69.9 Å². The predicted octanol–water partition coefficient (Wildman–Crippen LogP) is 13.2. The van der Waals surface area contributed by atoms with E-state index in [2.05, 4.69) is 69.5 Å². The first-order chi connectivity index (χ1) is 30.1. The first-order valence-corrected chi connectivity index (χ1v) is 19.8. The van der Waals surface area contributed by atoms with E-state index in [1.54, 1.807) is 0 Å². The maximum absolute atomic E-state index is 10.0. The molecule has 0 unspecified atom stereocenters. The van der Waals surface area contributed by atoms with Crippen molar-refractivity contribution in [3.05, 3.63) is 224 Å². The van der Waals surface area contributed by atoms with Crippen molar-refractivity contribution in [1.29, 1.82) is 0 Å². The van der Waals surface area contributed by atoms with Crippen molar-refractivity contribution in [2.24, 2.45) is 0 Å². The molecule has 0 saturated carbocycles. The van der Waals surface area contributed by atoms with Gasteiger partial charge in [0.25, 0.3) is 0 Å². The average molecular weight is 1390 g/mol. The number of pyridine rings is 3. The summed E-state index contributed by atoms with van der Waals surface area (Å²) in [6.45, 7) is 5.70. The Bertz CT molecular complexity index is 2750. The van der Waals surface area contributed by atoms with Crippen LogP contribution in [0.15, 0.2) is 206 Å². The summed E-state index contributed by atoms with van der Waals surface area (Å²) >= 11 is 0. The number of hydrogen-bond donors (Lipinski definition) is 2. The zero-order valence-electron chi connectivity index (χ0n) is 36.0. The summed E-state index contributed by atoms with van der Waals surface area (Å²) < 4.78 is 0. The van der Waals surface area contributed by atoms with Crippen molar-refractivity contribution in [3.8, 4) is 33.8 Å². The zero-order chi connectivity index (χ0) is 44.1. The fraction of sp³-hybridized carbons (Fsp3) is 0.0727. The van der Waals surface area contributed by atoms with Crippen LogP contribution in [0.1, 0.15) is 27.7 Å². The summed E-state index contributed by atoms with van der Waals surface area (Å²) in [5.74, 6) is -0.125. The van der Waals surface area contributed by atoms with Crippen LogP contribution in [0.2, 0.25) is 0 Å². The van der Waals surface area contributed by atoms with E-state index in [1.165, 1.54) is 61.4 Å². The van der Waals surface area contributed by atoms with E-state index in [-0.39, 0.29) is 83.4 Å². The standard InChI is InChI=1S/3C15H10N.2C5H8O2.3Ir/c1-2-7-13(8-3-1)15-14-9-5-4-6-12(14)10-11-16-15;2*1-2-6-12(7-3-1)15-11-10-13-8-4-5-9-14(13)16-15;2*1-4(6)3-5(2)7;;;/h1-7,9-11H;2*1-6,8-11H;2*3,6H,1-2H3;;;/q3*-1;;;;;. The molecule has 0 spiro atoms. The van der Waals surface area contributed by atoms with Gasteiger partial charge in [-0.25, -0.2) is 0 Å². The molecule has 7 nitrogen and oxygen atoms in total. The summed E-state index contributed by atoms with van der Waals surface area (Å²) in [6.07, 6.45) is 4.18. The van der Waals surface area contributed by atoms with E-state index in [0.717, 1.165) is 44.8 Å². The van der Waals surface area contributed by atoms with E-state index in [0.29, 0.717) is 0 Å². The quantitative estimate of drug-likeness (QED) is 0.100. The smallest absolute Gasteiger partial charge is 0.155 e. The Hall–Kier alpha value is -6.08. The molecule has 0 saturated heterocycles. The van der Waals surface area contributed by atoms with Crippen molar-refractivity contribution in [1.82, 2.24) is 15.0 Å². The van der Waals surface area contributed by atoms with Crippen LogP contribution in [0.5, 0.6) is 0 Å². The van der Waals surface area contributed by atoms with E-state index in [1.807, 2.05) is 146 Å². The molecule has 2 N–H and O–H groups in total. The van der Waals surface area contributed by atoms with Gasteiger partial charge in [-0.1, -0.05) is 84.9 Å². The fourth-order valence-electron chi connectivity index (χ4n) is 6.00. The predicted molar refractivity (Wildman–Crippen MR) is 252 cm³/mol. The Morgan fingerprint density at radius 3 is 1.22 bits per heavy atom. The summed E-state index contributed by atoms with van der Waals surface area (Å²) in [7, 11) is 0. The Balaban J connectivity index is 0.000000288. The Labute approximate surface area is 421 Å². The van der Waals surface area contributed by atoms with E-state index < -0.39 is 0 Å². The molecule has 10 heteroatoms. The Kier molecular flexibility index (Phi) is 24.9. The third-order valence-electron chi connectivity index (χ3n) is 8.63. The number of carbonyl (C=O) groups is 2. The number of ketones is 2. The molecule has 0 fully saturated rings. The molecule has 9 aromatic rings. The molecular weight excluding hydrogens is 1340 g/mol. The Morgan fingerprint density at radius 2 is 0.831 bits per heavy atom. The first kappa shape index (κ1) is 55.1. The number of allylic oxidation sites excluding steroid dienone is 4. The van der Waals surface area contributed by atoms with Gasteiger partial charge in [0.15, 0.2) is 11.6 Å². The fourth-order valence-corrected chi connectivity index (χ4v) is 6.00. The maximum atomic E-state index is 10.0. The largest absolute Gasteiger partial charge is 0.512 e. The maximum Gasteiger partial charge on any atom is 0.155 e. The van der Waals surface area contributed by atoms with Crippen molar-refractivity contribution >= 4 is 44.1 Å². The minimum atomic E-state index is -0.125. The summed E-state index contributed by atoms with van der Waals surface area (Å²) in [6, 6.07) is 68.2. The van der Waals surface area contributed by atoms with Crippen LogP contribution in [0.25, 0.3) is 66.4 Å². The van der Waals surface area contributed by atoms with Crippen LogP contribution in [-0.4, -0.2) is 36.7 Å². The minimum Gasteiger partial charge on any atom is -0.512 e. The summed E-state index contributed by atoms with van der Waals surface area (Å²) in [5.41, 5.74) is 8.10. The summed E-state index contributed by atoms with van der Waals surface area (Å²) in [4.78, 5) is 33.7. The number of nitrogens with zero attached hydrogens (tertiary/aromatic N) is 3. The number of fused-ring (bicyclic) bond motifs is 3. The average Bonchev–Trinajstić information content (AvgIpc) is 3.29. The minimum absolute atomic E-state index is 0. The second-order valence-corrected chi connectivity index (χ2v) is 13.8. The molecule has 3 aromatic heterocycles. The molecule has 0 atom stereocenters. The molecule has 0 aliphatic heterocycles. The van der Waals surface area contributed by atoms with Crippen LogP contribution < -0.4 is 0 Å². The number of aromatic nitrogens is 3. The normalized spacial score (nSPS) is 10.2. The van der Waals surface area contributed by atoms with Crippen molar-refractivity contribution in [2.75, 3.05) is 0 Å². The van der Waals surface area contributed by atoms with Gasteiger partial charge in [0.05, 0.1) is 22.6 Å². The molecule has 0 aliphatic carbocycles. The van der Waals surface area contributed by atoms with Crippen LogP contribution >= 0.6 is 0 Å². The molecule has 0 amide bonds. The van der Waals surface area contributed by atoms with Crippen molar-refractivity contribution in [3.63, 3.8) is 0 Å². The van der Waals surface area contributed by atoms with Gasteiger partial charge in [-0.15, -0.1) is 108 Å². The second-order valence-electron chi connectivity index (χ2n) is 13.8. The zero-order valence-corrected chi connectivity index (χ0v) is 43.2. The number of benzene rings is 6.